The first kappa shape index (κ1) is 15.1. The summed E-state index contributed by atoms with van der Waals surface area (Å²) >= 11 is 9.41. The number of nitrogens with zero attached hydrogens (tertiary/aromatic N) is 2. The fourth-order valence-electron chi connectivity index (χ4n) is 2.09. The van der Waals surface area contributed by atoms with Gasteiger partial charge < -0.3 is 9.47 Å². The summed E-state index contributed by atoms with van der Waals surface area (Å²) in [7, 11) is 1.80. The van der Waals surface area contributed by atoms with E-state index in [-0.39, 0.29) is 5.91 Å². The SMILES string of the molecule is CCn1cc(Cl)cc1C(=O)N(C)Cc1cccc(Br)c1. The van der Waals surface area contributed by atoms with Crippen LogP contribution in [-0.4, -0.2) is 22.4 Å². The summed E-state index contributed by atoms with van der Waals surface area (Å²) in [6, 6.07) is 9.65. The van der Waals surface area contributed by atoms with Crippen molar-refractivity contribution in [1.82, 2.24) is 9.47 Å². The highest BCUT2D eigenvalue weighted by Gasteiger charge is 2.17. The molecule has 2 aromatic rings. The summed E-state index contributed by atoms with van der Waals surface area (Å²) in [5.74, 6) is -0.0290. The molecule has 2 rings (SSSR count). The molecule has 5 heteroatoms. The van der Waals surface area contributed by atoms with Crippen molar-refractivity contribution in [2.45, 2.75) is 20.0 Å². The van der Waals surface area contributed by atoms with Crippen LogP contribution in [0.2, 0.25) is 5.02 Å². The van der Waals surface area contributed by atoms with Crippen LogP contribution in [0, 0.1) is 0 Å². The Balaban J connectivity index is 2.16. The molecule has 0 aliphatic carbocycles. The van der Waals surface area contributed by atoms with Gasteiger partial charge in [0.15, 0.2) is 0 Å². The Morgan fingerprint density at radius 1 is 1.40 bits per heavy atom. The van der Waals surface area contributed by atoms with Gasteiger partial charge in [0, 0.05) is 30.8 Å². The minimum Gasteiger partial charge on any atom is -0.342 e. The molecule has 0 radical (unpaired) electrons. The monoisotopic (exact) mass is 354 g/mol. The zero-order valence-corrected chi connectivity index (χ0v) is 13.8. The van der Waals surface area contributed by atoms with Gasteiger partial charge in [0.1, 0.15) is 5.69 Å². The van der Waals surface area contributed by atoms with E-state index in [2.05, 4.69) is 15.9 Å². The second-order valence-corrected chi connectivity index (χ2v) is 5.97. The van der Waals surface area contributed by atoms with E-state index >= 15 is 0 Å². The molecule has 0 spiro atoms. The van der Waals surface area contributed by atoms with Crippen molar-refractivity contribution in [2.75, 3.05) is 7.05 Å². The highest BCUT2D eigenvalue weighted by molar-refractivity contribution is 9.10. The Morgan fingerprint density at radius 3 is 2.80 bits per heavy atom. The Labute approximate surface area is 132 Å². The van der Waals surface area contributed by atoms with Crippen molar-refractivity contribution in [2.24, 2.45) is 0 Å². The molecule has 0 saturated carbocycles. The summed E-state index contributed by atoms with van der Waals surface area (Å²) < 4.78 is 2.87. The zero-order valence-electron chi connectivity index (χ0n) is 11.4. The van der Waals surface area contributed by atoms with Crippen LogP contribution in [0.4, 0.5) is 0 Å². The van der Waals surface area contributed by atoms with Gasteiger partial charge in [-0.05, 0) is 30.7 Å². The molecule has 0 bridgehead atoms. The Morgan fingerprint density at radius 2 is 2.15 bits per heavy atom. The van der Waals surface area contributed by atoms with Crippen LogP contribution in [-0.2, 0) is 13.1 Å². The molecule has 1 aromatic carbocycles. The van der Waals surface area contributed by atoms with Crippen LogP contribution in [0.15, 0.2) is 41.0 Å². The number of hydrogen-bond acceptors (Lipinski definition) is 1. The van der Waals surface area contributed by atoms with E-state index in [0.717, 1.165) is 16.6 Å². The third-order valence-electron chi connectivity index (χ3n) is 3.08. The summed E-state index contributed by atoms with van der Waals surface area (Å²) in [6.45, 7) is 3.27. The van der Waals surface area contributed by atoms with Gasteiger partial charge in [-0.25, -0.2) is 0 Å². The molecule has 0 N–H and O–H groups in total. The standard InChI is InChI=1S/C15H16BrClN2O/c1-3-19-10-13(17)8-14(19)15(20)18(2)9-11-5-4-6-12(16)7-11/h4-8,10H,3,9H2,1-2H3. The maximum Gasteiger partial charge on any atom is 0.270 e. The minimum atomic E-state index is -0.0290. The number of aromatic nitrogens is 1. The fraction of sp³-hybridized carbons (Fsp3) is 0.267. The fourth-order valence-corrected chi connectivity index (χ4v) is 2.76. The van der Waals surface area contributed by atoms with Crippen molar-refractivity contribution in [3.63, 3.8) is 0 Å². The number of carbonyl (C=O) groups excluding carboxylic acids is 1. The van der Waals surface area contributed by atoms with E-state index in [1.165, 1.54) is 0 Å². The lowest BCUT2D eigenvalue weighted by molar-refractivity contribution is 0.0774. The first-order valence-corrected chi connectivity index (χ1v) is 7.54. The van der Waals surface area contributed by atoms with Crippen LogP contribution in [0.3, 0.4) is 0 Å². The second-order valence-electron chi connectivity index (χ2n) is 4.62. The van der Waals surface area contributed by atoms with Crippen molar-refractivity contribution >= 4 is 33.4 Å². The smallest absolute Gasteiger partial charge is 0.270 e. The van der Waals surface area contributed by atoms with Gasteiger partial charge in [0.25, 0.3) is 5.91 Å². The number of carbonyl (C=O) groups is 1. The average molecular weight is 356 g/mol. The van der Waals surface area contributed by atoms with E-state index in [1.807, 2.05) is 35.8 Å². The van der Waals surface area contributed by atoms with Gasteiger partial charge in [-0.3, -0.25) is 4.79 Å². The molecule has 1 aromatic heterocycles. The lowest BCUT2D eigenvalue weighted by Gasteiger charge is -2.18. The quantitative estimate of drug-likeness (QED) is 0.807. The van der Waals surface area contributed by atoms with E-state index in [0.29, 0.717) is 17.3 Å². The molecular weight excluding hydrogens is 340 g/mol. The van der Waals surface area contributed by atoms with E-state index in [1.54, 1.807) is 24.2 Å². The number of amides is 1. The molecule has 20 heavy (non-hydrogen) atoms. The van der Waals surface area contributed by atoms with E-state index in [9.17, 15) is 4.79 Å². The van der Waals surface area contributed by atoms with Gasteiger partial charge in [0.2, 0.25) is 0 Å². The molecular formula is C15H16BrClN2O. The summed E-state index contributed by atoms with van der Waals surface area (Å²) in [4.78, 5) is 14.2. The van der Waals surface area contributed by atoms with Crippen LogP contribution < -0.4 is 0 Å². The van der Waals surface area contributed by atoms with E-state index in [4.69, 9.17) is 11.6 Å². The van der Waals surface area contributed by atoms with Crippen LogP contribution in [0.1, 0.15) is 23.0 Å². The molecule has 1 heterocycles. The van der Waals surface area contributed by atoms with Gasteiger partial charge in [-0.1, -0.05) is 39.7 Å². The third-order valence-corrected chi connectivity index (χ3v) is 3.78. The predicted molar refractivity (Wildman–Crippen MR) is 85.1 cm³/mol. The van der Waals surface area contributed by atoms with Crippen LogP contribution in [0.25, 0.3) is 0 Å². The lowest BCUT2D eigenvalue weighted by Crippen LogP contribution is -2.28. The Bertz CT molecular complexity index is 624. The van der Waals surface area contributed by atoms with Gasteiger partial charge in [0.05, 0.1) is 5.02 Å². The number of halogens is 2. The lowest BCUT2D eigenvalue weighted by atomic mass is 10.2. The maximum absolute atomic E-state index is 12.5. The normalized spacial score (nSPS) is 10.6. The summed E-state index contributed by atoms with van der Waals surface area (Å²) in [6.07, 6.45) is 1.78. The Hall–Kier alpha value is -1.26. The molecule has 0 atom stereocenters. The van der Waals surface area contributed by atoms with Crippen molar-refractivity contribution in [1.29, 1.82) is 0 Å². The molecule has 0 fully saturated rings. The van der Waals surface area contributed by atoms with Crippen molar-refractivity contribution in [3.8, 4) is 0 Å². The molecule has 106 valence electrons. The molecule has 0 saturated heterocycles. The molecule has 0 unspecified atom stereocenters. The first-order valence-electron chi connectivity index (χ1n) is 6.37. The van der Waals surface area contributed by atoms with Crippen LogP contribution >= 0.6 is 27.5 Å². The number of aryl methyl sites for hydroxylation is 1. The number of hydrogen-bond donors (Lipinski definition) is 0. The van der Waals surface area contributed by atoms with Gasteiger partial charge in [-0.15, -0.1) is 0 Å². The zero-order chi connectivity index (χ0) is 14.7. The highest BCUT2D eigenvalue weighted by atomic mass is 79.9. The van der Waals surface area contributed by atoms with Crippen molar-refractivity contribution < 1.29 is 4.79 Å². The summed E-state index contributed by atoms with van der Waals surface area (Å²) in [5, 5.41) is 0.589. The number of rotatable bonds is 4. The summed E-state index contributed by atoms with van der Waals surface area (Å²) in [5.41, 5.74) is 1.70. The number of benzene rings is 1. The highest BCUT2D eigenvalue weighted by Crippen LogP contribution is 2.18. The van der Waals surface area contributed by atoms with Gasteiger partial charge >= 0.3 is 0 Å². The maximum atomic E-state index is 12.5. The molecule has 0 aliphatic heterocycles. The topological polar surface area (TPSA) is 25.2 Å². The second kappa shape index (κ2) is 6.46. The third kappa shape index (κ3) is 3.44. The van der Waals surface area contributed by atoms with E-state index < -0.39 is 0 Å². The predicted octanol–water partition coefficient (Wildman–Crippen LogP) is 4.20. The van der Waals surface area contributed by atoms with Crippen LogP contribution in [0.5, 0.6) is 0 Å². The molecule has 0 aliphatic rings. The van der Waals surface area contributed by atoms with Crippen molar-refractivity contribution in [3.05, 3.63) is 57.3 Å². The molecule has 1 amide bonds. The van der Waals surface area contributed by atoms with Gasteiger partial charge in [-0.2, -0.15) is 0 Å². The average Bonchev–Trinajstić information content (AvgIpc) is 2.79. The molecule has 3 nitrogen and oxygen atoms in total. The minimum absolute atomic E-state index is 0.0290. The Kier molecular flexibility index (Phi) is 4.89. The first-order chi connectivity index (χ1) is 9.51. The largest absolute Gasteiger partial charge is 0.342 e.